The number of hydrogen-bond acceptors (Lipinski definition) is 4. The first-order valence-electron chi connectivity index (χ1n) is 6.37. The molecule has 106 valence electrons. The van der Waals surface area contributed by atoms with Crippen LogP contribution in [-0.2, 0) is 21.6 Å². The summed E-state index contributed by atoms with van der Waals surface area (Å²) in [6.07, 6.45) is 0. The van der Waals surface area contributed by atoms with Gasteiger partial charge in [0, 0.05) is 11.5 Å². The molecule has 2 heterocycles. The smallest absolute Gasteiger partial charge is 0.128 e. The fourth-order valence-corrected chi connectivity index (χ4v) is 3.12. The van der Waals surface area contributed by atoms with Crippen LogP contribution in [0.3, 0.4) is 0 Å². The number of rotatable bonds is 5. The lowest BCUT2D eigenvalue weighted by Gasteiger charge is -2.05. The lowest BCUT2D eigenvalue weighted by molar-refractivity contribution is 0.680. The Bertz CT molecular complexity index is 602. The topological polar surface area (TPSA) is 59.9 Å². The average molecular weight is 308 g/mol. The maximum Gasteiger partial charge on any atom is 0.128 e. The van der Waals surface area contributed by atoms with E-state index in [1.807, 2.05) is 38.1 Å². The third-order valence-corrected chi connectivity index (χ3v) is 5.14. The van der Waals surface area contributed by atoms with E-state index in [4.69, 9.17) is 0 Å². The van der Waals surface area contributed by atoms with Gasteiger partial charge in [-0.15, -0.1) is 0 Å². The second-order valence-corrected chi connectivity index (χ2v) is 7.36. The lowest BCUT2D eigenvalue weighted by Crippen LogP contribution is -2.01. The van der Waals surface area contributed by atoms with Crippen LogP contribution in [0.15, 0.2) is 46.5 Å². The fraction of sp³-hybridized carbons (Fsp3) is 0.286. The average Bonchev–Trinajstić information content (AvgIpc) is 2.53. The molecule has 0 amide bonds. The molecule has 0 bridgehead atoms. The van der Waals surface area contributed by atoms with Crippen LogP contribution >= 0.6 is 0 Å². The Morgan fingerprint density at radius 1 is 0.800 bits per heavy atom. The molecule has 0 aliphatic rings. The Hall–Kier alpha value is -1.40. The minimum absolute atomic E-state index is 0.532. The van der Waals surface area contributed by atoms with Gasteiger partial charge in [0.05, 0.1) is 33.0 Å². The molecular weight excluding hydrogens is 292 g/mol. The van der Waals surface area contributed by atoms with E-state index in [2.05, 4.69) is 9.97 Å². The zero-order valence-corrected chi connectivity index (χ0v) is 13.0. The third kappa shape index (κ3) is 3.37. The molecule has 0 saturated carbocycles. The zero-order valence-electron chi connectivity index (χ0n) is 11.4. The summed E-state index contributed by atoms with van der Waals surface area (Å²) in [6, 6.07) is 10.8. The standard InChI is InChI=1S/C14H16N2O2S2/c1-3-19(17)13-9-5-7-11(15-13)12-8-6-10-14(16-12)20(18)4-2/h5-10H,3-4H2,1-2H3. The summed E-state index contributed by atoms with van der Waals surface area (Å²) in [7, 11) is -2.18. The Balaban J connectivity index is 2.41. The van der Waals surface area contributed by atoms with Crippen LogP contribution in [0.1, 0.15) is 13.8 Å². The molecule has 0 N–H and O–H groups in total. The fourth-order valence-electron chi connectivity index (χ4n) is 1.66. The summed E-state index contributed by atoms with van der Waals surface area (Å²) in [6.45, 7) is 3.71. The minimum atomic E-state index is -1.09. The van der Waals surface area contributed by atoms with Gasteiger partial charge in [-0.2, -0.15) is 0 Å². The van der Waals surface area contributed by atoms with Crippen LogP contribution in [0.5, 0.6) is 0 Å². The molecule has 0 radical (unpaired) electrons. The summed E-state index contributed by atoms with van der Waals surface area (Å²) in [5.74, 6) is 1.06. The van der Waals surface area contributed by atoms with Gasteiger partial charge in [0.15, 0.2) is 0 Å². The molecule has 4 nitrogen and oxygen atoms in total. The second-order valence-electron chi connectivity index (χ2n) is 3.99. The highest BCUT2D eigenvalue weighted by Crippen LogP contribution is 2.17. The van der Waals surface area contributed by atoms with Crippen LogP contribution in [0, 0.1) is 0 Å². The van der Waals surface area contributed by atoms with Crippen molar-refractivity contribution in [3.63, 3.8) is 0 Å². The molecule has 0 saturated heterocycles. The molecule has 0 fully saturated rings. The van der Waals surface area contributed by atoms with Crippen LogP contribution in [0.4, 0.5) is 0 Å². The van der Waals surface area contributed by atoms with Crippen molar-refractivity contribution >= 4 is 21.6 Å². The number of pyridine rings is 2. The van der Waals surface area contributed by atoms with Crippen LogP contribution in [0.2, 0.25) is 0 Å². The molecule has 20 heavy (non-hydrogen) atoms. The molecule has 6 heteroatoms. The maximum atomic E-state index is 11.8. The Kier molecular flexibility index (Phi) is 5.14. The zero-order chi connectivity index (χ0) is 14.5. The van der Waals surface area contributed by atoms with E-state index in [9.17, 15) is 8.42 Å². The first-order valence-corrected chi connectivity index (χ1v) is 9.00. The van der Waals surface area contributed by atoms with Crippen LogP contribution < -0.4 is 0 Å². The first kappa shape index (κ1) is 15.0. The highest BCUT2D eigenvalue weighted by atomic mass is 32.2. The number of aromatic nitrogens is 2. The van der Waals surface area contributed by atoms with Crippen molar-refractivity contribution in [2.24, 2.45) is 0 Å². The van der Waals surface area contributed by atoms with E-state index in [-0.39, 0.29) is 0 Å². The summed E-state index contributed by atoms with van der Waals surface area (Å²) in [5, 5.41) is 1.10. The molecule has 0 aliphatic carbocycles. The summed E-state index contributed by atoms with van der Waals surface area (Å²) < 4.78 is 23.6. The van der Waals surface area contributed by atoms with E-state index in [0.717, 1.165) is 0 Å². The minimum Gasteiger partial charge on any atom is -0.253 e. The molecular formula is C14H16N2O2S2. The molecule has 2 aromatic rings. The SMILES string of the molecule is CCS(=O)c1cccc(-c2cccc(S(=O)CC)n2)n1. The third-order valence-electron chi connectivity index (χ3n) is 2.70. The van der Waals surface area contributed by atoms with Crippen molar-refractivity contribution in [2.75, 3.05) is 11.5 Å². The number of hydrogen-bond donors (Lipinski definition) is 0. The van der Waals surface area contributed by atoms with Crippen molar-refractivity contribution in [1.29, 1.82) is 0 Å². The molecule has 2 rings (SSSR count). The second kappa shape index (κ2) is 6.85. The highest BCUT2D eigenvalue weighted by Gasteiger charge is 2.09. The van der Waals surface area contributed by atoms with Gasteiger partial charge < -0.3 is 0 Å². The van der Waals surface area contributed by atoms with Gasteiger partial charge in [-0.25, -0.2) is 9.97 Å². The summed E-state index contributed by atoms with van der Waals surface area (Å²) in [5.41, 5.74) is 1.30. The molecule has 0 aliphatic heterocycles. The molecule has 0 spiro atoms. The Morgan fingerprint density at radius 2 is 1.20 bits per heavy atom. The number of nitrogens with zero attached hydrogens (tertiary/aromatic N) is 2. The van der Waals surface area contributed by atoms with Crippen LogP contribution in [-0.4, -0.2) is 29.9 Å². The molecule has 2 atom stereocenters. The van der Waals surface area contributed by atoms with Crippen molar-refractivity contribution in [3.8, 4) is 11.4 Å². The molecule has 2 unspecified atom stereocenters. The molecule has 2 aromatic heterocycles. The van der Waals surface area contributed by atoms with E-state index in [1.54, 1.807) is 12.1 Å². The monoisotopic (exact) mass is 308 g/mol. The lowest BCUT2D eigenvalue weighted by atomic mass is 10.2. The van der Waals surface area contributed by atoms with Crippen LogP contribution in [0.25, 0.3) is 11.4 Å². The van der Waals surface area contributed by atoms with Crippen molar-refractivity contribution in [3.05, 3.63) is 36.4 Å². The first-order chi connectivity index (χ1) is 9.65. The van der Waals surface area contributed by atoms with E-state index in [0.29, 0.717) is 32.9 Å². The summed E-state index contributed by atoms with van der Waals surface area (Å²) >= 11 is 0. The Labute approximate surface area is 123 Å². The van der Waals surface area contributed by atoms with Gasteiger partial charge in [-0.3, -0.25) is 8.42 Å². The van der Waals surface area contributed by atoms with Crippen molar-refractivity contribution < 1.29 is 8.42 Å². The quantitative estimate of drug-likeness (QED) is 0.851. The van der Waals surface area contributed by atoms with Crippen molar-refractivity contribution in [1.82, 2.24) is 9.97 Å². The van der Waals surface area contributed by atoms with E-state index < -0.39 is 21.6 Å². The van der Waals surface area contributed by atoms with Crippen molar-refractivity contribution in [2.45, 2.75) is 23.9 Å². The van der Waals surface area contributed by atoms with Gasteiger partial charge in [0.1, 0.15) is 10.1 Å². The van der Waals surface area contributed by atoms with Gasteiger partial charge >= 0.3 is 0 Å². The largest absolute Gasteiger partial charge is 0.253 e. The maximum absolute atomic E-state index is 11.8. The summed E-state index contributed by atoms with van der Waals surface area (Å²) in [4.78, 5) is 8.76. The van der Waals surface area contributed by atoms with E-state index >= 15 is 0 Å². The predicted molar refractivity (Wildman–Crippen MR) is 81.4 cm³/mol. The molecule has 0 aromatic carbocycles. The normalized spacial score (nSPS) is 13.9. The van der Waals surface area contributed by atoms with E-state index in [1.165, 1.54) is 0 Å². The Morgan fingerprint density at radius 3 is 1.55 bits per heavy atom. The predicted octanol–water partition coefficient (Wildman–Crippen LogP) is 2.40. The van der Waals surface area contributed by atoms with Gasteiger partial charge in [0.25, 0.3) is 0 Å². The highest BCUT2D eigenvalue weighted by molar-refractivity contribution is 7.85. The van der Waals surface area contributed by atoms with Gasteiger partial charge in [-0.05, 0) is 24.3 Å². The van der Waals surface area contributed by atoms with Gasteiger partial charge in [-0.1, -0.05) is 26.0 Å². The van der Waals surface area contributed by atoms with Gasteiger partial charge in [0.2, 0.25) is 0 Å².